The second-order valence-electron chi connectivity index (χ2n) is 2.11. The normalized spacial score (nSPS) is 18.8. The molecule has 0 radical (unpaired) electrons. The van der Waals surface area contributed by atoms with Crippen molar-refractivity contribution in [2.24, 2.45) is 5.92 Å². The number of carbonyl (C=O) groups is 1. The van der Waals surface area contributed by atoms with Gasteiger partial charge in [0.25, 0.3) is 0 Å². The maximum absolute atomic E-state index is 10.8. The van der Waals surface area contributed by atoms with E-state index in [2.05, 4.69) is 4.74 Å². The van der Waals surface area contributed by atoms with E-state index in [0.717, 1.165) is 18.4 Å². The predicted octanol–water partition coefficient (Wildman–Crippen LogP) is 2.22. The van der Waals surface area contributed by atoms with Crippen LogP contribution in [-0.4, -0.2) is 5.97 Å². The summed E-state index contributed by atoms with van der Waals surface area (Å²) in [4.78, 5) is 10.8. The third-order valence-corrected chi connectivity index (χ3v) is 1.69. The average Bonchev–Trinajstić information content (AvgIpc) is 2.68. The number of hydrogen-bond donors (Lipinski definition) is 0. The Labute approximate surface area is 68.8 Å². The molecule has 10 heavy (non-hydrogen) atoms. The molecule has 0 saturated heterocycles. The van der Waals surface area contributed by atoms with E-state index in [0.29, 0.717) is 0 Å². The first-order chi connectivity index (χ1) is 4.74. The van der Waals surface area contributed by atoms with Crippen molar-refractivity contribution in [3.63, 3.8) is 0 Å². The van der Waals surface area contributed by atoms with Crippen molar-refractivity contribution in [2.45, 2.75) is 12.8 Å². The van der Waals surface area contributed by atoms with Gasteiger partial charge >= 0.3 is 5.97 Å². The summed E-state index contributed by atoms with van der Waals surface area (Å²) in [6, 6.07) is 0. The van der Waals surface area contributed by atoms with E-state index in [4.69, 9.17) is 23.2 Å². The van der Waals surface area contributed by atoms with Gasteiger partial charge in [-0.25, -0.2) is 0 Å². The maximum Gasteiger partial charge on any atom is 0.315 e. The van der Waals surface area contributed by atoms with E-state index in [1.807, 2.05) is 0 Å². The topological polar surface area (TPSA) is 26.3 Å². The van der Waals surface area contributed by atoms with Gasteiger partial charge in [0.05, 0.1) is 11.5 Å². The Morgan fingerprint density at radius 2 is 2.20 bits per heavy atom. The molecule has 0 bridgehead atoms. The second kappa shape index (κ2) is 3.26. The van der Waals surface area contributed by atoms with Gasteiger partial charge in [0.15, 0.2) is 0 Å². The highest BCUT2D eigenvalue weighted by Gasteiger charge is 2.31. The molecule has 0 heterocycles. The largest absolute Gasteiger partial charge is 0.413 e. The lowest BCUT2D eigenvalue weighted by molar-refractivity contribution is -0.140. The van der Waals surface area contributed by atoms with Gasteiger partial charge in [-0.1, -0.05) is 11.6 Å². The minimum atomic E-state index is -0.276. The molecule has 0 spiro atoms. The molecule has 0 aromatic carbocycles. The Morgan fingerprint density at radius 3 is 2.60 bits per heavy atom. The van der Waals surface area contributed by atoms with Crippen LogP contribution in [0.2, 0.25) is 0 Å². The highest BCUT2D eigenvalue weighted by atomic mass is 35.5. The van der Waals surface area contributed by atoms with Crippen LogP contribution in [0.5, 0.6) is 0 Å². The predicted molar refractivity (Wildman–Crippen MR) is 38.6 cm³/mol. The number of rotatable bonds is 2. The molecule has 1 saturated carbocycles. The third kappa shape index (κ3) is 2.20. The number of halogens is 2. The molecule has 2 nitrogen and oxygen atoms in total. The van der Waals surface area contributed by atoms with E-state index in [1.165, 1.54) is 0 Å². The van der Waals surface area contributed by atoms with Crippen molar-refractivity contribution in [1.82, 2.24) is 0 Å². The van der Waals surface area contributed by atoms with Crippen molar-refractivity contribution in [2.75, 3.05) is 0 Å². The van der Waals surface area contributed by atoms with Crippen LogP contribution in [0.3, 0.4) is 0 Å². The molecule has 56 valence electrons. The smallest absolute Gasteiger partial charge is 0.315 e. The zero-order chi connectivity index (χ0) is 7.56. The first kappa shape index (κ1) is 7.89. The van der Waals surface area contributed by atoms with Gasteiger partial charge < -0.3 is 4.74 Å². The molecule has 0 N–H and O–H groups in total. The first-order valence-electron chi connectivity index (χ1n) is 2.91. The molecule has 1 fully saturated rings. The number of esters is 1. The summed E-state index contributed by atoms with van der Waals surface area (Å²) in [6.45, 7) is 0. The second-order valence-corrected chi connectivity index (χ2v) is 2.70. The van der Waals surface area contributed by atoms with Crippen LogP contribution in [0.15, 0.2) is 10.8 Å². The van der Waals surface area contributed by atoms with Crippen molar-refractivity contribution in [3.8, 4) is 0 Å². The molecule has 1 rings (SSSR count). The number of ether oxygens (including phenoxy) is 1. The Morgan fingerprint density at radius 1 is 1.60 bits per heavy atom. The lowest BCUT2D eigenvalue weighted by atomic mass is 10.4. The van der Waals surface area contributed by atoms with Crippen LogP contribution >= 0.6 is 23.2 Å². The van der Waals surface area contributed by atoms with E-state index in [-0.39, 0.29) is 17.1 Å². The highest BCUT2D eigenvalue weighted by molar-refractivity contribution is 6.35. The summed E-state index contributed by atoms with van der Waals surface area (Å²) < 4.78 is 4.58. The Bertz CT molecular complexity index is 173. The number of carbonyl (C=O) groups excluding carboxylic acids is 1. The molecule has 1 aliphatic carbocycles. The van der Waals surface area contributed by atoms with Crippen LogP contribution in [0.4, 0.5) is 0 Å². The lowest BCUT2D eigenvalue weighted by Crippen LogP contribution is -2.03. The molecule has 4 heteroatoms. The monoisotopic (exact) mass is 180 g/mol. The van der Waals surface area contributed by atoms with Gasteiger partial charge in [-0.15, -0.1) is 0 Å². The van der Waals surface area contributed by atoms with E-state index in [1.54, 1.807) is 0 Å². The van der Waals surface area contributed by atoms with Crippen LogP contribution in [0.1, 0.15) is 12.8 Å². The van der Waals surface area contributed by atoms with Gasteiger partial charge in [-0.2, -0.15) is 0 Å². The minimum Gasteiger partial charge on any atom is -0.413 e. The summed E-state index contributed by atoms with van der Waals surface area (Å²) in [5.41, 5.74) is 1.03. The summed E-state index contributed by atoms with van der Waals surface area (Å²) in [7, 11) is 0. The Balaban J connectivity index is 2.30. The molecule has 0 aromatic rings. The molecule has 1 aliphatic rings. The number of hydrogen-bond acceptors (Lipinski definition) is 2. The molecule has 0 unspecified atom stereocenters. The average molecular weight is 181 g/mol. The van der Waals surface area contributed by atoms with Crippen LogP contribution < -0.4 is 0 Å². The quantitative estimate of drug-likeness (QED) is 0.482. The standard InChI is InChI=1S/C6H6Cl2O2/c7-3-5(8)10-6(9)4-1-2-4/h3-4H,1-2H2. The van der Waals surface area contributed by atoms with Crippen molar-refractivity contribution >= 4 is 29.2 Å². The first-order valence-corrected chi connectivity index (χ1v) is 3.73. The maximum atomic E-state index is 10.8. The Kier molecular flexibility index (Phi) is 2.57. The van der Waals surface area contributed by atoms with Crippen LogP contribution in [0.25, 0.3) is 0 Å². The summed E-state index contributed by atoms with van der Waals surface area (Å²) in [5, 5.41) is -0.0569. The van der Waals surface area contributed by atoms with Crippen molar-refractivity contribution in [1.29, 1.82) is 0 Å². The zero-order valence-electron chi connectivity index (χ0n) is 5.14. The molecule has 0 atom stereocenters. The highest BCUT2D eigenvalue weighted by Crippen LogP contribution is 2.31. The molecule has 0 amide bonds. The van der Waals surface area contributed by atoms with E-state index in [9.17, 15) is 4.79 Å². The third-order valence-electron chi connectivity index (χ3n) is 1.19. The van der Waals surface area contributed by atoms with Gasteiger partial charge in [-0.3, -0.25) is 4.79 Å². The summed E-state index contributed by atoms with van der Waals surface area (Å²) >= 11 is 10.5. The fraction of sp³-hybridized carbons (Fsp3) is 0.500. The molecular weight excluding hydrogens is 175 g/mol. The minimum absolute atomic E-state index is 0.0569. The molecule has 0 aromatic heterocycles. The fourth-order valence-electron chi connectivity index (χ4n) is 0.521. The van der Waals surface area contributed by atoms with Gasteiger partial charge in [0.2, 0.25) is 5.22 Å². The van der Waals surface area contributed by atoms with Crippen LogP contribution in [0, 0.1) is 5.92 Å². The van der Waals surface area contributed by atoms with Crippen molar-refractivity contribution in [3.05, 3.63) is 10.8 Å². The SMILES string of the molecule is O=C(OC(Cl)=CCl)C1CC1. The van der Waals surface area contributed by atoms with Crippen LogP contribution in [-0.2, 0) is 9.53 Å². The van der Waals surface area contributed by atoms with E-state index >= 15 is 0 Å². The van der Waals surface area contributed by atoms with Gasteiger partial charge in [-0.05, 0) is 24.4 Å². The molecular formula is C6H6Cl2O2. The fourth-order valence-corrected chi connectivity index (χ4v) is 0.641. The van der Waals surface area contributed by atoms with Crippen molar-refractivity contribution < 1.29 is 9.53 Å². The Hall–Kier alpha value is -0.210. The summed E-state index contributed by atoms with van der Waals surface area (Å²) in [5.74, 6) is -0.215. The van der Waals surface area contributed by atoms with Gasteiger partial charge in [0.1, 0.15) is 0 Å². The lowest BCUT2D eigenvalue weighted by Gasteiger charge is -1.97. The zero-order valence-corrected chi connectivity index (χ0v) is 6.65. The molecule has 0 aliphatic heterocycles. The van der Waals surface area contributed by atoms with Gasteiger partial charge in [0, 0.05) is 0 Å². The van der Waals surface area contributed by atoms with E-state index < -0.39 is 0 Å². The summed E-state index contributed by atoms with van der Waals surface area (Å²) in [6.07, 6.45) is 1.82.